The van der Waals surface area contributed by atoms with E-state index in [4.69, 9.17) is 9.72 Å². The van der Waals surface area contributed by atoms with Crippen LogP contribution in [0.1, 0.15) is 10.4 Å². The number of carbonyl (C=O) groups is 1. The third kappa shape index (κ3) is 2.23. The molecule has 0 radical (unpaired) electrons. The molecule has 136 valence electrons. The first-order chi connectivity index (χ1) is 13.7. The van der Waals surface area contributed by atoms with Crippen molar-refractivity contribution in [1.29, 1.82) is 0 Å². The predicted molar refractivity (Wildman–Crippen MR) is 107 cm³/mol. The van der Waals surface area contributed by atoms with Gasteiger partial charge in [0.25, 0.3) is 5.56 Å². The summed E-state index contributed by atoms with van der Waals surface area (Å²) >= 11 is 0. The van der Waals surface area contributed by atoms with E-state index in [2.05, 4.69) is 16.5 Å². The number of ether oxygens (including phenoxy) is 1. The molecule has 1 N–H and O–H groups in total. The lowest BCUT2D eigenvalue weighted by Crippen LogP contribution is -2.12. The van der Waals surface area contributed by atoms with Crippen LogP contribution in [0, 0.1) is 0 Å². The largest absolute Gasteiger partial charge is 0.458 e. The number of H-pyrrole nitrogens is 1. The van der Waals surface area contributed by atoms with E-state index in [9.17, 15) is 9.59 Å². The average molecular weight is 370 g/mol. The highest BCUT2D eigenvalue weighted by molar-refractivity contribution is 6.11. The quantitative estimate of drug-likeness (QED) is 0.389. The van der Waals surface area contributed by atoms with Gasteiger partial charge in [0.15, 0.2) is 5.65 Å². The lowest BCUT2D eigenvalue weighted by molar-refractivity contribution is 0.0554. The summed E-state index contributed by atoms with van der Waals surface area (Å²) in [7, 11) is 0. The smallest absolute Gasteiger partial charge is 0.344 e. The van der Waals surface area contributed by atoms with Crippen molar-refractivity contribution in [1.82, 2.24) is 19.4 Å². The SMILES string of the molecule is C=CCOC(=O)c1c2nc3ccccc3nc2n2c1[nH]c(=O)c1ccccc12. The number of para-hydroxylation sites is 3. The minimum Gasteiger partial charge on any atom is -0.458 e. The molecule has 0 amide bonds. The minimum absolute atomic E-state index is 0.0521. The maximum atomic E-state index is 12.8. The standard InChI is InChI=1S/C21H14N4O3/c1-2-11-28-21(27)16-17-19(23-14-9-5-4-8-13(14)22-17)25-15-10-6-3-7-12(15)20(26)24-18(16)25/h2-10H,1,11H2,(H,24,26). The van der Waals surface area contributed by atoms with Gasteiger partial charge in [-0.3, -0.25) is 9.20 Å². The molecule has 0 aliphatic rings. The lowest BCUT2D eigenvalue weighted by Gasteiger charge is -2.04. The highest BCUT2D eigenvalue weighted by atomic mass is 16.5. The zero-order chi connectivity index (χ0) is 19.3. The van der Waals surface area contributed by atoms with Crippen LogP contribution in [0.2, 0.25) is 0 Å². The molecule has 0 aliphatic heterocycles. The first-order valence-corrected chi connectivity index (χ1v) is 8.69. The Hall–Kier alpha value is -4.00. The van der Waals surface area contributed by atoms with E-state index in [1.807, 2.05) is 36.4 Å². The van der Waals surface area contributed by atoms with Gasteiger partial charge in [-0.25, -0.2) is 14.8 Å². The fourth-order valence-corrected chi connectivity index (χ4v) is 3.43. The van der Waals surface area contributed by atoms with E-state index in [0.717, 1.165) is 0 Å². The summed E-state index contributed by atoms with van der Waals surface area (Å²) in [5, 5.41) is 0.493. The number of hydrogen-bond acceptors (Lipinski definition) is 5. The van der Waals surface area contributed by atoms with E-state index < -0.39 is 5.97 Å². The fraction of sp³-hybridized carbons (Fsp3) is 0.0476. The van der Waals surface area contributed by atoms with Crippen LogP contribution in [0.15, 0.2) is 66.0 Å². The number of carbonyl (C=O) groups excluding carboxylic acids is 1. The van der Waals surface area contributed by atoms with Crippen LogP contribution >= 0.6 is 0 Å². The lowest BCUT2D eigenvalue weighted by atomic mass is 10.2. The van der Waals surface area contributed by atoms with Crippen molar-refractivity contribution in [2.75, 3.05) is 6.61 Å². The first kappa shape index (κ1) is 16.2. The summed E-state index contributed by atoms with van der Waals surface area (Å²) in [6.45, 7) is 3.62. The van der Waals surface area contributed by atoms with Gasteiger partial charge in [0.2, 0.25) is 0 Å². The van der Waals surface area contributed by atoms with E-state index in [-0.39, 0.29) is 17.7 Å². The van der Waals surface area contributed by atoms with Crippen molar-refractivity contribution in [3.8, 4) is 0 Å². The number of aromatic amines is 1. The normalized spacial score (nSPS) is 11.4. The van der Waals surface area contributed by atoms with Crippen LogP contribution < -0.4 is 5.56 Å². The molecular weight excluding hydrogens is 356 g/mol. The molecule has 0 saturated heterocycles. The molecule has 3 heterocycles. The van der Waals surface area contributed by atoms with Gasteiger partial charge >= 0.3 is 5.97 Å². The molecule has 0 unspecified atom stereocenters. The molecule has 7 heteroatoms. The Labute approximate surface area is 157 Å². The highest BCUT2D eigenvalue weighted by Gasteiger charge is 2.24. The van der Waals surface area contributed by atoms with Crippen LogP contribution in [0.25, 0.3) is 38.7 Å². The minimum atomic E-state index is -0.595. The summed E-state index contributed by atoms with van der Waals surface area (Å²) in [4.78, 5) is 37.6. The Kier molecular flexibility index (Phi) is 3.48. The van der Waals surface area contributed by atoms with Gasteiger partial charge in [-0.05, 0) is 24.3 Å². The van der Waals surface area contributed by atoms with Crippen LogP contribution in [0.5, 0.6) is 0 Å². The summed E-state index contributed by atoms with van der Waals surface area (Å²) < 4.78 is 7.00. The third-order valence-electron chi connectivity index (χ3n) is 4.62. The topological polar surface area (TPSA) is 89.3 Å². The molecule has 2 aromatic carbocycles. The molecule has 0 atom stereocenters. The Morgan fingerprint density at radius 3 is 2.61 bits per heavy atom. The molecule has 5 aromatic rings. The summed E-state index contributed by atoms with van der Waals surface area (Å²) in [5.74, 6) is -0.595. The number of rotatable bonds is 3. The number of fused-ring (bicyclic) bond motifs is 6. The van der Waals surface area contributed by atoms with E-state index >= 15 is 0 Å². The summed E-state index contributed by atoms with van der Waals surface area (Å²) in [5.41, 5.74) is 3.02. The molecule has 0 fully saturated rings. The van der Waals surface area contributed by atoms with Crippen molar-refractivity contribution in [3.05, 3.63) is 77.1 Å². The number of benzene rings is 2. The van der Waals surface area contributed by atoms with Gasteiger partial charge in [-0.2, -0.15) is 0 Å². The van der Waals surface area contributed by atoms with E-state index in [1.54, 1.807) is 16.5 Å². The monoisotopic (exact) mass is 370 g/mol. The second-order valence-electron chi connectivity index (χ2n) is 6.30. The Morgan fingerprint density at radius 2 is 1.82 bits per heavy atom. The zero-order valence-electron chi connectivity index (χ0n) is 14.7. The molecule has 0 bridgehead atoms. The van der Waals surface area contributed by atoms with Gasteiger partial charge < -0.3 is 9.72 Å². The molecule has 0 saturated carbocycles. The van der Waals surface area contributed by atoms with E-state index in [1.165, 1.54) is 6.08 Å². The Bertz CT molecular complexity index is 1480. The first-order valence-electron chi connectivity index (χ1n) is 8.69. The number of esters is 1. The maximum absolute atomic E-state index is 12.8. The second kappa shape index (κ2) is 6.02. The Balaban J connectivity index is 2.02. The van der Waals surface area contributed by atoms with Crippen LogP contribution in [-0.2, 0) is 4.74 Å². The van der Waals surface area contributed by atoms with Crippen LogP contribution in [-0.4, -0.2) is 31.9 Å². The number of hydrogen-bond donors (Lipinski definition) is 1. The summed E-state index contributed by atoms with van der Waals surface area (Å²) in [6, 6.07) is 14.6. The van der Waals surface area contributed by atoms with Crippen molar-refractivity contribution in [2.24, 2.45) is 0 Å². The second-order valence-corrected chi connectivity index (χ2v) is 6.30. The number of aromatic nitrogens is 4. The van der Waals surface area contributed by atoms with Gasteiger partial charge in [0.1, 0.15) is 23.3 Å². The molecule has 5 rings (SSSR count). The number of nitrogens with zero attached hydrogens (tertiary/aromatic N) is 3. The number of nitrogens with one attached hydrogen (secondary N) is 1. The van der Waals surface area contributed by atoms with Crippen molar-refractivity contribution < 1.29 is 9.53 Å². The molecule has 28 heavy (non-hydrogen) atoms. The fourth-order valence-electron chi connectivity index (χ4n) is 3.43. The van der Waals surface area contributed by atoms with Crippen LogP contribution in [0.3, 0.4) is 0 Å². The Morgan fingerprint density at radius 1 is 1.11 bits per heavy atom. The average Bonchev–Trinajstić information content (AvgIpc) is 3.03. The summed E-state index contributed by atoms with van der Waals surface area (Å²) in [6.07, 6.45) is 1.48. The third-order valence-corrected chi connectivity index (χ3v) is 4.62. The predicted octanol–water partition coefficient (Wildman–Crippen LogP) is 3.22. The van der Waals surface area contributed by atoms with Gasteiger partial charge in [-0.15, -0.1) is 0 Å². The molecule has 3 aromatic heterocycles. The molecule has 7 nitrogen and oxygen atoms in total. The highest BCUT2D eigenvalue weighted by Crippen LogP contribution is 2.28. The van der Waals surface area contributed by atoms with Crippen molar-refractivity contribution in [2.45, 2.75) is 0 Å². The molecule has 0 aliphatic carbocycles. The zero-order valence-corrected chi connectivity index (χ0v) is 14.7. The van der Waals surface area contributed by atoms with Gasteiger partial charge in [-0.1, -0.05) is 36.9 Å². The van der Waals surface area contributed by atoms with Crippen LogP contribution in [0.4, 0.5) is 0 Å². The van der Waals surface area contributed by atoms with Crippen molar-refractivity contribution in [3.63, 3.8) is 0 Å². The van der Waals surface area contributed by atoms with Crippen molar-refractivity contribution >= 4 is 44.7 Å². The van der Waals surface area contributed by atoms with E-state index in [0.29, 0.717) is 38.7 Å². The van der Waals surface area contributed by atoms with Gasteiger partial charge in [0, 0.05) is 0 Å². The molecular formula is C21H14N4O3. The molecule has 0 spiro atoms. The maximum Gasteiger partial charge on any atom is 0.344 e. The van der Waals surface area contributed by atoms with Gasteiger partial charge in [0.05, 0.1) is 21.9 Å².